The first-order chi connectivity index (χ1) is 12.2. The van der Waals surface area contributed by atoms with Gasteiger partial charge in [0.2, 0.25) is 0 Å². The highest BCUT2D eigenvalue weighted by molar-refractivity contribution is 5.69. The van der Waals surface area contributed by atoms with Gasteiger partial charge in [0.1, 0.15) is 0 Å². The van der Waals surface area contributed by atoms with Gasteiger partial charge in [0.05, 0.1) is 6.20 Å². The van der Waals surface area contributed by atoms with Crippen molar-refractivity contribution in [3.8, 4) is 11.1 Å². The van der Waals surface area contributed by atoms with Crippen LogP contribution in [0.3, 0.4) is 0 Å². The Morgan fingerprint density at radius 1 is 1.08 bits per heavy atom. The van der Waals surface area contributed by atoms with Crippen LogP contribution < -0.4 is 4.90 Å². The summed E-state index contributed by atoms with van der Waals surface area (Å²) >= 11 is 0. The molecule has 3 heteroatoms. The van der Waals surface area contributed by atoms with Crippen molar-refractivity contribution < 1.29 is 0 Å². The van der Waals surface area contributed by atoms with Gasteiger partial charge in [-0.05, 0) is 36.1 Å². The quantitative estimate of drug-likeness (QED) is 0.627. The number of benzene rings is 1. The van der Waals surface area contributed by atoms with Gasteiger partial charge in [-0.2, -0.15) is 5.10 Å². The van der Waals surface area contributed by atoms with Gasteiger partial charge in [0.25, 0.3) is 0 Å². The molecule has 2 aromatic rings. The van der Waals surface area contributed by atoms with E-state index in [9.17, 15) is 0 Å². The Kier molecular flexibility index (Phi) is 12.2. The maximum atomic E-state index is 4.24. The molecule has 0 amide bonds. The van der Waals surface area contributed by atoms with Crippen molar-refractivity contribution >= 4 is 5.69 Å². The first-order valence-electron chi connectivity index (χ1n) is 9.56. The SMILES string of the molecule is C=C.CC.CCC.CCCN1CCc2cc(-c3cnn(C)c3)ccc21. The minimum atomic E-state index is 1.17. The van der Waals surface area contributed by atoms with Crippen LogP contribution in [0.25, 0.3) is 11.1 Å². The second-order valence-electron chi connectivity index (χ2n) is 5.69. The number of aryl methyl sites for hydroxylation is 1. The highest BCUT2D eigenvalue weighted by Crippen LogP contribution is 2.32. The Labute approximate surface area is 155 Å². The Morgan fingerprint density at radius 3 is 2.24 bits per heavy atom. The average molecular weight is 344 g/mol. The third kappa shape index (κ3) is 6.77. The van der Waals surface area contributed by atoms with Crippen molar-refractivity contribution in [2.24, 2.45) is 7.05 Å². The van der Waals surface area contributed by atoms with E-state index < -0.39 is 0 Å². The minimum Gasteiger partial charge on any atom is -0.371 e. The average Bonchev–Trinajstić information content (AvgIpc) is 3.26. The normalized spacial score (nSPS) is 11.2. The summed E-state index contributed by atoms with van der Waals surface area (Å²) in [6.07, 6.45) is 7.63. The second kappa shape index (κ2) is 13.3. The summed E-state index contributed by atoms with van der Waals surface area (Å²) in [5, 5.41) is 4.24. The molecule has 3 rings (SSSR count). The summed E-state index contributed by atoms with van der Waals surface area (Å²) in [7, 11) is 1.96. The van der Waals surface area contributed by atoms with E-state index in [1.807, 2.05) is 31.8 Å². The molecule has 0 bridgehead atoms. The van der Waals surface area contributed by atoms with Crippen molar-refractivity contribution in [2.75, 3.05) is 18.0 Å². The second-order valence-corrected chi connectivity index (χ2v) is 5.69. The zero-order valence-electron chi connectivity index (χ0n) is 17.2. The van der Waals surface area contributed by atoms with Gasteiger partial charge < -0.3 is 4.90 Å². The molecule has 0 unspecified atom stereocenters. The van der Waals surface area contributed by atoms with Crippen LogP contribution in [0.2, 0.25) is 0 Å². The molecule has 140 valence electrons. The molecule has 0 N–H and O–H groups in total. The molecular weight excluding hydrogens is 306 g/mol. The van der Waals surface area contributed by atoms with Gasteiger partial charge in [-0.3, -0.25) is 4.68 Å². The molecule has 0 aliphatic carbocycles. The lowest BCUT2D eigenvalue weighted by Crippen LogP contribution is -2.20. The summed E-state index contributed by atoms with van der Waals surface area (Å²) < 4.78 is 1.85. The van der Waals surface area contributed by atoms with Crippen molar-refractivity contribution in [2.45, 2.75) is 53.9 Å². The molecule has 0 atom stereocenters. The predicted molar refractivity (Wildman–Crippen MR) is 113 cm³/mol. The summed E-state index contributed by atoms with van der Waals surface area (Å²) in [5.74, 6) is 0. The zero-order valence-corrected chi connectivity index (χ0v) is 17.2. The van der Waals surface area contributed by atoms with Crippen LogP contribution in [0, 0.1) is 0 Å². The molecule has 0 radical (unpaired) electrons. The highest BCUT2D eigenvalue weighted by Gasteiger charge is 2.18. The van der Waals surface area contributed by atoms with Crippen LogP contribution in [-0.4, -0.2) is 22.9 Å². The molecule has 0 spiro atoms. The van der Waals surface area contributed by atoms with E-state index in [-0.39, 0.29) is 0 Å². The summed E-state index contributed by atoms with van der Waals surface area (Å²) in [6.45, 7) is 18.8. The van der Waals surface area contributed by atoms with Gasteiger partial charge in [0.15, 0.2) is 0 Å². The van der Waals surface area contributed by atoms with E-state index in [2.05, 4.69) is 68.3 Å². The Balaban J connectivity index is 0.000000728. The lowest BCUT2D eigenvalue weighted by Gasteiger charge is -2.18. The van der Waals surface area contributed by atoms with E-state index in [0.29, 0.717) is 0 Å². The molecule has 25 heavy (non-hydrogen) atoms. The lowest BCUT2D eigenvalue weighted by atomic mass is 10.0. The largest absolute Gasteiger partial charge is 0.371 e. The maximum absolute atomic E-state index is 4.24. The Morgan fingerprint density at radius 2 is 1.72 bits per heavy atom. The van der Waals surface area contributed by atoms with Gasteiger partial charge in [-0.25, -0.2) is 0 Å². The first-order valence-corrected chi connectivity index (χ1v) is 9.56. The number of anilines is 1. The molecule has 0 saturated heterocycles. The number of rotatable bonds is 3. The third-order valence-electron chi connectivity index (χ3n) is 3.60. The molecule has 1 aromatic carbocycles. The third-order valence-corrected chi connectivity index (χ3v) is 3.60. The Hall–Kier alpha value is -2.03. The summed E-state index contributed by atoms with van der Waals surface area (Å²) in [5.41, 5.74) is 5.38. The number of nitrogens with zero attached hydrogens (tertiary/aromatic N) is 3. The van der Waals surface area contributed by atoms with Crippen molar-refractivity contribution in [1.82, 2.24) is 9.78 Å². The monoisotopic (exact) mass is 343 g/mol. The number of aromatic nitrogens is 2. The minimum absolute atomic E-state index is 1.17. The number of hydrogen-bond donors (Lipinski definition) is 0. The van der Waals surface area contributed by atoms with E-state index in [0.717, 1.165) is 0 Å². The van der Waals surface area contributed by atoms with Gasteiger partial charge >= 0.3 is 0 Å². The molecule has 3 nitrogen and oxygen atoms in total. The summed E-state index contributed by atoms with van der Waals surface area (Å²) in [4.78, 5) is 2.49. The van der Waals surface area contributed by atoms with Crippen LogP contribution >= 0.6 is 0 Å². The topological polar surface area (TPSA) is 21.1 Å². The van der Waals surface area contributed by atoms with E-state index >= 15 is 0 Å². The summed E-state index contributed by atoms with van der Waals surface area (Å²) in [6, 6.07) is 6.80. The van der Waals surface area contributed by atoms with Crippen LogP contribution in [0.15, 0.2) is 43.8 Å². The fourth-order valence-electron chi connectivity index (χ4n) is 2.72. The van der Waals surface area contributed by atoms with Crippen molar-refractivity contribution in [1.29, 1.82) is 0 Å². The molecule has 1 aliphatic heterocycles. The predicted octanol–water partition coefficient (Wildman–Crippen LogP) is 6.10. The molecule has 1 aliphatic rings. The van der Waals surface area contributed by atoms with Crippen LogP contribution in [-0.2, 0) is 13.5 Å². The fourth-order valence-corrected chi connectivity index (χ4v) is 2.72. The van der Waals surface area contributed by atoms with Gasteiger partial charge in [-0.15, -0.1) is 13.2 Å². The fraction of sp³-hybridized carbons (Fsp3) is 0.500. The van der Waals surface area contributed by atoms with Crippen LogP contribution in [0.5, 0.6) is 0 Å². The maximum Gasteiger partial charge on any atom is 0.0568 e. The van der Waals surface area contributed by atoms with Gasteiger partial charge in [0, 0.05) is 37.6 Å². The highest BCUT2D eigenvalue weighted by atomic mass is 15.2. The standard InChI is InChI=1S/C15H19N3.C3H8.C2H6.C2H4/c1-3-7-18-8-6-13-9-12(4-5-15(13)18)14-10-16-17(2)11-14;1-3-2;2*1-2/h4-5,9-11H,3,6-8H2,1-2H3;3H2,1-2H3;1-2H3;1-2H2. The van der Waals surface area contributed by atoms with Crippen LogP contribution in [0.1, 0.15) is 53.0 Å². The number of fused-ring (bicyclic) bond motifs is 1. The van der Waals surface area contributed by atoms with Crippen LogP contribution in [0.4, 0.5) is 5.69 Å². The molecule has 1 aromatic heterocycles. The van der Waals surface area contributed by atoms with E-state index in [4.69, 9.17) is 0 Å². The molecule has 2 heterocycles. The lowest BCUT2D eigenvalue weighted by molar-refractivity contribution is 0.768. The first kappa shape index (κ1) is 23.0. The molecular formula is C22H37N3. The Bertz CT molecular complexity index is 587. The van der Waals surface area contributed by atoms with Crippen molar-refractivity contribution in [3.63, 3.8) is 0 Å². The van der Waals surface area contributed by atoms with Gasteiger partial charge in [-0.1, -0.05) is 47.1 Å². The molecule has 0 fully saturated rings. The van der Waals surface area contributed by atoms with E-state index in [1.54, 1.807) is 0 Å². The van der Waals surface area contributed by atoms with Crippen molar-refractivity contribution in [3.05, 3.63) is 49.3 Å². The smallest absolute Gasteiger partial charge is 0.0568 e. The van der Waals surface area contributed by atoms with E-state index in [1.165, 1.54) is 54.7 Å². The molecule has 0 saturated carbocycles. The number of hydrogen-bond acceptors (Lipinski definition) is 2. The zero-order chi connectivity index (χ0) is 19.2.